The Balaban J connectivity index is 1.76. The molecular weight excluding hydrogens is 837 g/mol. The molecule has 7 amide bonds. The zero-order valence-electron chi connectivity index (χ0n) is 37.6. The number of carboxylic acid groups (broad SMARTS) is 1. The van der Waals surface area contributed by atoms with E-state index >= 15 is 0 Å². The molecule has 6 atom stereocenters. The van der Waals surface area contributed by atoms with Crippen molar-refractivity contribution in [3.8, 4) is 0 Å². The van der Waals surface area contributed by atoms with E-state index in [0.29, 0.717) is 24.1 Å². The number of fused-ring (bicyclic) bond motifs is 1. The molecule has 19 heteroatoms. The Bertz CT molecular complexity index is 2040. The highest BCUT2D eigenvalue weighted by Gasteiger charge is 2.39. The number of nitrogens with zero attached hydrogens (tertiary/aromatic N) is 2. The van der Waals surface area contributed by atoms with Gasteiger partial charge >= 0.3 is 5.97 Å². The molecule has 2 aliphatic rings. The number of hydrogen-bond donors (Lipinski definition) is 9. The number of carboxylic acids is 1. The fourth-order valence-corrected chi connectivity index (χ4v) is 7.49. The molecule has 4 rings (SSSR count). The number of guanidine groups is 1. The number of nitrogens with two attached hydrogens (primary N) is 1. The number of benzene rings is 2. The van der Waals surface area contributed by atoms with Crippen LogP contribution in [0.5, 0.6) is 0 Å². The summed E-state index contributed by atoms with van der Waals surface area (Å²) in [7, 11) is 0. The topological polar surface area (TPSA) is 283 Å². The van der Waals surface area contributed by atoms with Gasteiger partial charge in [0.05, 0.1) is 19.5 Å². The van der Waals surface area contributed by atoms with E-state index in [4.69, 9.17) is 5.73 Å². The van der Waals surface area contributed by atoms with Crippen molar-refractivity contribution in [2.24, 2.45) is 16.6 Å². The number of carbonyl (C=O) groups is 8. The van der Waals surface area contributed by atoms with Gasteiger partial charge in [0.2, 0.25) is 41.4 Å². The van der Waals surface area contributed by atoms with Crippen LogP contribution in [0.3, 0.4) is 0 Å². The molecule has 0 aliphatic carbocycles. The minimum absolute atomic E-state index is 0.0226. The monoisotopic (exact) mass is 900 g/mol. The smallest absolute Gasteiger partial charge is 0.305 e. The van der Waals surface area contributed by atoms with Gasteiger partial charge in [-0.25, -0.2) is 4.99 Å². The van der Waals surface area contributed by atoms with Gasteiger partial charge in [0.25, 0.3) is 0 Å². The Morgan fingerprint density at radius 2 is 1.34 bits per heavy atom. The van der Waals surface area contributed by atoms with Crippen LogP contribution in [0.2, 0.25) is 0 Å². The fourth-order valence-electron chi connectivity index (χ4n) is 7.49. The first-order valence-corrected chi connectivity index (χ1v) is 22.1. The normalized spacial score (nSPS) is 23.1. The quantitative estimate of drug-likeness (QED) is 0.0534. The number of hydrogen-bond acceptors (Lipinski definition) is 9. The molecule has 0 saturated carbocycles. The van der Waals surface area contributed by atoms with Crippen molar-refractivity contribution in [2.75, 3.05) is 26.2 Å². The Morgan fingerprint density at radius 3 is 1.95 bits per heavy atom. The van der Waals surface area contributed by atoms with E-state index in [1.807, 2.05) is 19.9 Å². The summed E-state index contributed by atoms with van der Waals surface area (Å²) in [6.07, 6.45) is 2.10. The molecule has 2 aromatic carbocycles. The third-order valence-electron chi connectivity index (χ3n) is 10.8. The van der Waals surface area contributed by atoms with E-state index in [2.05, 4.69) is 42.2 Å². The average Bonchev–Trinajstić information content (AvgIpc) is 3.75. The van der Waals surface area contributed by atoms with E-state index in [9.17, 15) is 43.5 Å². The lowest BCUT2D eigenvalue weighted by molar-refractivity contribution is -0.142. The predicted molar refractivity (Wildman–Crippen MR) is 243 cm³/mol. The van der Waals surface area contributed by atoms with Gasteiger partial charge in [-0.3, -0.25) is 38.4 Å². The Morgan fingerprint density at radius 1 is 0.785 bits per heavy atom. The molecule has 10 N–H and O–H groups in total. The largest absolute Gasteiger partial charge is 0.481 e. The van der Waals surface area contributed by atoms with E-state index in [0.717, 1.165) is 5.57 Å². The number of rotatable bonds is 14. The number of aliphatic imine (C=N–C) groups is 1. The van der Waals surface area contributed by atoms with E-state index in [1.165, 1.54) is 4.90 Å². The molecule has 0 unspecified atom stereocenters. The molecular formula is C46H64N10O9. The highest BCUT2D eigenvalue weighted by Crippen LogP contribution is 2.20. The maximum Gasteiger partial charge on any atom is 0.305 e. The SMILES string of the molecule is CC(C)=CCN=C(N)NCCC[C@H]1NC(=O)[C@H](Cc2ccccc2)NC(=O)[C@H](CC(=O)O)NC(=O)[C@H](CC(C)C)NC(=O)CNC(=O)[C@H]2CCCN2C(=O)[C@H](Cc2ccccc2)NC1=O. The van der Waals surface area contributed by atoms with Crippen LogP contribution in [0.1, 0.15) is 77.3 Å². The Kier molecular flexibility index (Phi) is 19.9. The third-order valence-corrected chi connectivity index (χ3v) is 10.8. The second-order valence-corrected chi connectivity index (χ2v) is 17.0. The molecule has 2 fully saturated rings. The van der Waals surface area contributed by atoms with Crippen molar-refractivity contribution >= 4 is 53.3 Å². The van der Waals surface area contributed by atoms with Crippen LogP contribution in [-0.4, -0.2) is 126 Å². The molecule has 19 nitrogen and oxygen atoms in total. The average molecular weight is 901 g/mol. The molecule has 2 saturated heterocycles. The van der Waals surface area contributed by atoms with Crippen LogP contribution in [-0.2, 0) is 51.2 Å². The summed E-state index contributed by atoms with van der Waals surface area (Å²) < 4.78 is 0. The van der Waals surface area contributed by atoms with Crippen LogP contribution in [0, 0.1) is 5.92 Å². The van der Waals surface area contributed by atoms with Gasteiger partial charge < -0.3 is 53.0 Å². The first-order valence-electron chi connectivity index (χ1n) is 22.1. The Labute approximate surface area is 379 Å². The van der Waals surface area contributed by atoms with Gasteiger partial charge in [0.1, 0.15) is 36.3 Å². The van der Waals surface area contributed by atoms with Crippen LogP contribution >= 0.6 is 0 Å². The van der Waals surface area contributed by atoms with E-state index in [1.54, 1.807) is 74.5 Å². The zero-order valence-corrected chi connectivity index (χ0v) is 37.6. The van der Waals surface area contributed by atoms with Gasteiger partial charge in [0.15, 0.2) is 5.96 Å². The second-order valence-electron chi connectivity index (χ2n) is 17.0. The van der Waals surface area contributed by atoms with Crippen molar-refractivity contribution in [1.29, 1.82) is 0 Å². The van der Waals surface area contributed by atoms with Crippen molar-refractivity contribution in [2.45, 2.75) is 115 Å². The van der Waals surface area contributed by atoms with Crippen LogP contribution < -0.4 is 43.0 Å². The summed E-state index contributed by atoms with van der Waals surface area (Å²) in [5.74, 6) is -6.72. The number of aliphatic carboxylic acids is 1. The molecule has 65 heavy (non-hydrogen) atoms. The second kappa shape index (κ2) is 25.5. The summed E-state index contributed by atoms with van der Waals surface area (Å²) in [5.41, 5.74) is 8.45. The molecule has 0 radical (unpaired) electrons. The molecule has 0 spiro atoms. The standard InChI is InChI=1S/C46H64N10O9/c1-28(2)19-21-49-46(47)48-20-11-17-32-40(60)55-36(25-31-15-9-6-10-16-31)45(65)56-22-12-18-37(56)44(64)50-27-38(57)51-33(23-29(3)4)41(61)54-35(26-39(58)59)43(63)53-34(42(62)52-32)24-30-13-7-5-8-14-30/h5-10,13-16,19,29,32-37H,11-12,17-18,20-27H2,1-4H3,(H,50,64)(H,51,57)(H,52,62)(H,53,63)(H,54,61)(H,55,60)(H,58,59)(H3,47,48,49)/t32-,33+,34+,35+,36+,37-/m1/s1. The van der Waals surface area contributed by atoms with Crippen LogP contribution in [0.15, 0.2) is 77.3 Å². The van der Waals surface area contributed by atoms with Crippen molar-refractivity contribution in [3.63, 3.8) is 0 Å². The number of amides is 7. The highest BCUT2D eigenvalue weighted by atomic mass is 16.4. The molecule has 352 valence electrons. The van der Waals surface area contributed by atoms with Gasteiger partial charge in [-0.1, -0.05) is 86.2 Å². The van der Waals surface area contributed by atoms with Crippen molar-refractivity contribution in [3.05, 3.63) is 83.4 Å². The first kappa shape index (κ1) is 50.9. The lowest BCUT2D eigenvalue weighted by Gasteiger charge is -2.30. The van der Waals surface area contributed by atoms with Gasteiger partial charge in [0, 0.05) is 25.9 Å². The summed E-state index contributed by atoms with van der Waals surface area (Å²) in [6, 6.07) is 9.84. The third kappa shape index (κ3) is 17.0. The number of nitrogens with one attached hydrogen (secondary N) is 7. The molecule has 2 heterocycles. The maximum atomic E-state index is 14.5. The number of carbonyl (C=O) groups excluding carboxylic acids is 7. The van der Waals surface area contributed by atoms with Crippen LogP contribution in [0.4, 0.5) is 0 Å². The minimum Gasteiger partial charge on any atom is -0.481 e. The number of allylic oxidation sites excluding steroid dienone is 1. The van der Waals surface area contributed by atoms with Crippen molar-refractivity contribution in [1.82, 2.24) is 42.1 Å². The highest BCUT2D eigenvalue weighted by molar-refractivity contribution is 5.99. The van der Waals surface area contributed by atoms with Gasteiger partial charge in [-0.15, -0.1) is 0 Å². The molecule has 0 bridgehead atoms. The zero-order chi connectivity index (χ0) is 47.5. The predicted octanol–water partition coefficient (Wildman–Crippen LogP) is 0.188. The molecule has 2 aliphatic heterocycles. The lowest BCUT2D eigenvalue weighted by atomic mass is 10.0. The van der Waals surface area contributed by atoms with Gasteiger partial charge in [-0.05, 0) is 63.0 Å². The summed E-state index contributed by atoms with van der Waals surface area (Å²) in [5, 5.41) is 28.6. The molecule has 2 aromatic rings. The van der Waals surface area contributed by atoms with Gasteiger partial charge in [-0.2, -0.15) is 0 Å². The molecule has 0 aromatic heterocycles. The minimum atomic E-state index is -1.70. The van der Waals surface area contributed by atoms with Crippen LogP contribution in [0.25, 0.3) is 0 Å². The summed E-state index contributed by atoms with van der Waals surface area (Å²) in [6.45, 7) is 7.71. The van der Waals surface area contributed by atoms with E-state index in [-0.39, 0.29) is 63.5 Å². The summed E-state index contributed by atoms with van der Waals surface area (Å²) in [4.78, 5) is 116. The fraction of sp³-hybridized carbons (Fsp3) is 0.500. The Hall–Kier alpha value is -6.79. The van der Waals surface area contributed by atoms with Crippen molar-refractivity contribution < 1.29 is 43.5 Å². The first-order chi connectivity index (χ1) is 31.0. The maximum absolute atomic E-state index is 14.5. The van der Waals surface area contributed by atoms with E-state index < -0.39 is 96.5 Å². The lowest BCUT2D eigenvalue weighted by Crippen LogP contribution is -2.60. The summed E-state index contributed by atoms with van der Waals surface area (Å²) >= 11 is 0.